The van der Waals surface area contributed by atoms with Crippen molar-refractivity contribution in [2.45, 2.75) is 5.41 Å². The van der Waals surface area contributed by atoms with Crippen LogP contribution in [0.4, 0.5) is 5.69 Å². The molecule has 0 aliphatic heterocycles. The van der Waals surface area contributed by atoms with Gasteiger partial charge in [-0.25, -0.2) is 14.8 Å². The van der Waals surface area contributed by atoms with Crippen LogP contribution in [0.1, 0.15) is 22.3 Å². The highest BCUT2D eigenvalue weighted by molar-refractivity contribution is 6.01. The van der Waals surface area contributed by atoms with Gasteiger partial charge in [0.2, 0.25) is 0 Å². The molecule has 0 bridgehead atoms. The third-order valence-corrected chi connectivity index (χ3v) is 11.5. The van der Waals surface area contributed by atoms with Crippen LogP contribution in [0.2, 0.25) is 0 Å². The lowest BCUT2D eigenvalue weighted by Gasteiger charge is -2.30. The normalized spacial score (nSPS) is 12.9. The van der Waals surface area contributed by atoms with Gasteiger partial charge < -0.3 is 0 Å². The van der Waals surface area contributed by atoms with E-state index >= 15 is 0 Å². The maximum Gasteiger partial charge on any atom is 0.187 e. The number of fused-ring (bicyclic) bond motifs is 11. The Bertz CT molecular complexity index is 3010. The highest BCUT2D eigenvalue weighted by Crippen LogP contribution is 2.64. The van der Waals surface area contributed by atoms with E-state index in [1.165, 1.54) is 44.5 Å². The predicted octanol–water partition coefficient (Wildman–Crippen LogP) is 13.2. The maximum atomic E-state index is 7.99. The number of nitrogens with zero attached hydrogens (tertiary/aromatic N) is 3. The molecular weight excluding hydrogens is 667 g/mol. The lowest BCUT2D eigenvalue weighted by Crippen LogP contribution is -2.25. The molecule has 0 atom stereocenters. The van der Waals surface area contributed by atoms with Gasteiger partial charge in [-0.05, 0) is 78.5 Å². The summed E-state index contributed by atoms with van der Waals surface area (Å²) in [7, 11) is 0. The number of rotatable bonds is 4. The summed E-state index contributed by atoms with van der Waals surface area (Å²) in [5, 5.41) is 2.28. The average Bonchev–Trinajstić information content (AvgIpc) is 3.73. The zero-order valence-electron chi connectivity index (χ0n) is 29.7. The Balaban J connectivity index is 1.13. The van der Waals surface area contributed by atoms with E-state index < -0.39 is 5.41 Å². The van der Waals surface area contributed by atoms with Crippen molar-refractivity contribution in [3.63, 3.8) is 0 Å². The largest absolute Gasteiger partial charge is 0.238 e. The summed E-state index contributed by atoms with van der Waals surface area (Å²) in [4.78, 5) is 14.4. The second kappa shape index (κ2) is 12.1. The fourth-order valence-electron chi connectivity index (χ4n) is 9.22. The predicted molar refractivity (Wildman–Crippen MR) is 224 cm³/mol. The second-order valence-electron chi connectivity index (χ2n) is 14.3. The summed E-state index contributed by atoms with van der Waals surface area (Å²) in [6.45, 7) is 7.99. The van der Waals surface area contributed by atoms with Gasteiger partial charge in [-0.3, -0.25) is 0 Å². The molecule has 8 aromatic carbocycles. The van der Waals surface area contributed by atoms with Crippen molar-refractivity contribution in [3.05, 3.63) is 222 Å². The minimum absolute atomic E-state index is 0.531. The summed E-state index contributed by atoms with van der Waals surface area (Å²) in [6.07, 6.45) is 0. The van der Waals surface area contributed by atoms with Gasteiger partial charge in [-0.15, -0.1) is 0 Å². The van der Waals surface area contributed by atoms with E-state index in [0.29, 0.717) is 11.5 Å². The van der Waals surface area contributed by atoms with Gasteiger partial charge in [-0.2, -0.15) is 0 Å². The van der Waals surface area contributed by atoms with E-state index in [0.717, 1.165) is 50.0 Å². The molecule has 1 spiro atoms. The molecule has 1 aromatic heterocycles. The van der Waals surface area contributed by atoms with E-state index in [1.807, 2.05) is 12.1 Å². The van der Waals surface area contributed by atoms with E-state index in [2.05, 4.69) is 181 Å². The molecule has 0 saturated carbocycles. The van der Waals surface area contributed by atoms with Gasteiger partial charge in [0.25, 0.3) is 0 Å². The maximum absolute atomic E-state index is 7.99. The molecule has 0 saturated heterocycles. The molecule has 3 heteroatoms. The Labute approximate surface area is 319 Å². The van der Waals surface area contributed by atoms with Crippen molar-refractivity contribution >= 4 is 16.5 Å². The molecule has 55 heavy (non-hydrogen) atoms. The lowest BCUT2D eigenvalue weighted by molar-refractivity contribution is 0.794. The monoisotopic (exact) mass is 697 g/mol. The quantitative estimate of drug-likeness (QED) is 0.171. The van der Waals surface area contributed by atoms with E-state index in [1.54, 1.807) is 0 Å². The van der Waals surface area contributed by atoms with Crippen LogP contribution in [-0.2, 0) is 5.41 Å². The van der Waals surface area contributed by atoms with Crippen LogP contribution in [-0.4, -0.2) is 9.97 Å². The van der Waals surface area contributed by atoms with Crippen LogP contribution < -0.4 is 0 Å². The van der Waals surface area contributed by atoms with E-state index in [-0.39, 0.29) is 0 Å². The van der Waals surface area contributed by atoms with Gasteiger partial charge in [0.15, 0.2) is 11.5 Å². The van der Waals surface area contributed by atoms with Crippen molar-refractivity contribution in [1.29, 1.82) is 0 Å². The first-order valence-electron chi connectivity index (χ1n) is 18.6. The Morgan fingerprint density at radius 2 is 0.982 bits per heavy atom. The molecule has 1 heterocycles. The molecule has 2 aliphatic carbocycles. The average molecular weight is 698 g/mol. The summed E-state index contributed by atoms with van der Waals surface area (Å²) in [6, 6.07) is 66.6. The first kappa shape index (κ1) is 31.1. The Hall–Kier alpha value is -7.41. The molecule has 0 unspecified atom stereocenters. The lowest BCUT2D eigenvalue weighted by atomic mass is 9.70. The Morgan fingerprint density at radius 3 is 1.78 bits per heavy atom. The summed E-state index contributed by atoms with van der Waals surface area (Å²) < 4.78 is 0. The van der Waals surface area contributed by atoms with Gasteiger partial charge in [0, 0.05) is 16.7 Å². The molecular formula is C52H31N3. The standard InChI is InChI=1S/C52H31N3/c1-53-37-28-29-43-47(31-37)52(44-25-9-7-21-40(44)41-22-8-10-26-45(41)52)46-27-13-23-39(50(43)46)35-18-11-19-36(30-35)49-32-48(34-15-3-2-4-16-34)54-51(55-49)42-24-12-17-33-14-5-6-20-38(33)42/h2-32H. The zero-order valence-corrected chi connectivity index (χ0v) is 29.7. The first-order chi connectivity index (χ1) is 27.2. The summed E-state index contributed by atoms with van der Waals surface area (Å²) in [5.41, 5.74) is 17.0. The highest BCUT2D eigenvalue weighted by Gasteiger charge is 2.52. The zero-order chi connectivity index (χ0) is 36.5. The molecule has 0 amide bonds. The van der Waals surface area contributed by atoms with Crippen LogP contribution >= 0.6 is 0 Å². The minimum Gasteiger partial charge on any atom is -0.238 e. The fraction of sp³-hybridized carbons (Fsp3) is 0.0192. The topological polar surface area (TPSA) is 30.1 Å². The number of aromatic nitrogens is 2. The summed E-state index contributed by atoms with van der Waals surface area (Å²) in [5.74, 6) is 0.698. The third-order valence-electron chi connectivity index (χ3n) is 11.5. The van der Waals surface area contributed by atoms with E-state index in [9.17, 15) is 0 Å². The SMILES string of the molecule is [C-]#[N+]c1ccc2c(c1)C1(c3ccccc3-c3ccccc31)c1cccc(-c3cccc(-c4cc(-c5ccccc5)nc(-c5cccc6ccccc56)n4)c3)c1-2. The number of hydrogen-bond acceptors (Lipinski definition) is 2. The Morgan fingerprint density at radius 1 is 0.400 bits per heavy atom. The van der Waals surface area contributed by atoms with Crippen LogP contribution in [0.15, 0.2) is 188 Å². The molecule has 0 radical (unpaired) electrons. The highest BCUT2D eigenvalue weighted by atomic mass is 14.9. The van der Waals surface area contributed by atoms with Crippen molar-refractivity contribution < 1.29 is 0 Å². The fourth-order valence-corrected chi connectivity index (χ4v) is 9.22. The third kappa shape index (κ3) is 4.56. The van der Waals surface area contributed by atoms with Crippen molar-refractivity contribution in [3.8, 4) is 67.3 Å². The molecule has 9 aromatic rings. The van der Waals surface area contributed by atoms with Crippen LogP contribution in [0.5, 0.6) is 0 Å². The van der Waals surface area contributed by atoms with Gasteiger partial charge in [-0.1, -0.05) is 176 Å². The molecule has 3 nitrogen and oxygen atoms in total. The van der Waals surface area contributed by atoms with Crippen molar-refractivity contribution in [2.24, 2.45) is 0 Å². The first-order valence-corrected chi connectivity index (χ1v) is 18.6. The van der Waals surface area contributed by atoms with Crippen molar-refractivity contribution in [1.82, 2.24) is 9.97 Å². The molecule has 11 rings (SSSR count). The molecule has 2 aliphatic rings. The van der Waals surface area contributed by atoms with Gasteiger partial charge in [0.05, 0.1) is 23.4 Å². The van der Waals surface area contributed by atoms with Gasteiger partial charge >= 0.3 is 0 Å². The molecule has 0 N–H and O–H groups in total. The minimum atomic E-state index is -0.531. The van der Waals surface area contributed by atoms with Crippen molar-refractivity contribution in [2.75, 3.05) is 0 Å². The summed E-state index contributed by atoms with van der Waals surface area (Å²) >= 11 is 0. The van der Waals surface area contributed by atoms with Gasteiger partial charge in [0.1, 0.15) is 0 Å². The van der Waals surface area contributed by atoms with E-state index in [4.69, 9.17) is 16.5 Å². The number of benzene rings is 8. The second-order valence-corrected chi connectivity index (χ2v) is 14.3. The number of hydrogen-bond donors (Lipinski definition) is 0. The molecule has 0 fully saturated rings. The van der Waals surface area contributed by atoms with Crippen LogP contribution in [0.25, 0.3) is 82.9 Å². The molecule has 254 valence electrons. The van der Waals surface area contributed by atoms with Crippen LogP contribution in [0.3, 0.4) is 0 Å². The smallest absolute Gasteiger partial charge is 0.187 e. The van der Waals surface area contributed by atoms with Crippen LogP contribution in [0, 0.1) is 6.57 Å². The Kier molecular flexibility index (Phi) is 6.83.